The molecule has 0 aromatic carbocycles. The number of nitrogens with one attached hydrogen (secondary N) is 2. The number of methoxy groups -OCH3 is 1. The number of halogens is 1. The molecule has 2 atom stereocenters. The van der Waals surface area contributed by atoms with Crippen LogP contribution in [-0.2, 0) is 18.3 Å². The van der Waals surface area contributed by atoms with Crippen LogP contribution in [-0.4, -0.2) is 41.0 Å². The first-order chi connectivity index (χ1) is 10.3. The van der Waals surface area contributed by atoms with Crippen LogP contribution >= 0.6 is 24.0 Å². The molecule has 1 fully saturated rings. The van der Waals surface area contributed by atoms with Gasteiger partial charge in [0.2, 0.25) is 0 Å². The Kier molecular flexibility index (Phi) is 6.88. The lowest BCUT2D eigenvalue weighted by Gasteiger charge is -2.59. The van der Waals surface area contributed by atoms with Gasteiger partial charge < -0.3 is 15.4 Å². The first kappa shape index (κ1) is 20.2. The Bertz CT molecular complexity index is 542. The number of hydrogen-bond donors (Lipinski definition) is 2. The molecule has 6 nitrogen and oxygen atoms in total. The SMILES string of the molecule is CCNC(=NCc1ccnn1C)NC1CC(C)(OC)C1(C)C.I. The van der Waals surface area contributed by atoms with Crippen LogP contribution in [0.4, 0.5) is 0 Å². The molecule has 23 heavy (non-hydrogen) atoms. The van der Waals surface area contributed by atoms with Gasteiger partial charge in [0.15, 0.2) is 5.96 Å². The minimum absolute atomic E-state index is 0. The van der Waals surface area contributed by atoms with E-state index in [1.165, 1.54) is 0 Å². The summed E-state index contributed by atoms with van der Waals surface area (Å²) in [4.78, 5) is 4.67. The number of aliphatic imine (C=N–C) groups is 1. The number of nitrogens with zero attached hydrogens (tertiary/aromatic N) is 3. The van der Waals surface area contributed by atoms with E-state index in [0.29, 0.717) is 12.6 Å². The van der Waals surface area contributed by atoms with Crippen LogP contribution in [0.3, 0.4) is 0 Å². The summed E-state index contributed by atoms with van der Waals surface area (Å²) in [6.07, 6.45) is 2.77. The molecule has 0 saturated heterocycles. The lowest BCUT2D eigenvalue weighted by Crippen LogP contribution is -2.69. The number of aryl methyl sites for hydroxylation is 1. The number of rotatable bonds is 5. The minimum atomic E-state index is -0.0793. The van der Waals surface area contributed by atoms with Gasteiger partial charge in [0.25, 0.3) is 0 Å². The van der Waals surface area contributed by atoms with Crippen LogP contribution < -0.4 is 10.6 Å². The quantitative estimate of drug-likeness (QED) is 0.423. The molecular formula is C16H30IN5O. The maximum absolute atomic E-state index is 5.68. The van der Waals surface area contributed by atoms with Crippen LogP contribution in [0.5, 0.6) is 0 Å². The zero-order valence-electron chi connectivity index (χ0n) is 15.0. The molecular weight excluding hydrogens is 405 g/mol. The Balaban J connectivity index is 0.00000264. The molecule has 2 unspecified atom stereocenters. The van der Waals surface area contributed by atoms with Gasteiger partial charge in [-0.1, -0.05) is 13.8 Å². The third kappa shape index (κ3) is 3.99. The van der Waals surface area contributed by atoms with E-state index in [1.807, 2.05) is 17.8 Å². The molecule has 1 saturated carbocycles. The van der Waals surface area contributed by atoms with Gasteiger partial charge in [0.1, 0.15) is 0 Å². The van der Waals surface area contributed by atoms with Crippen molar-refractivity contribution in [1.82, 2.24) is 20.4 Å². The average molecular weight is 435 g/mol. The zero-order chi connectivity index (χ0) is 16.4. The highest BCUT2D eigenvalue weighted by Gasteiger charge is 2.58. The molecule has 0 bridgehead atoms. The van der Waals surface area contributed by atoms with E-state index in [4.69, 9.17) is 4.74 Å². The molecule has 1 aromatic rings. The van der Waals surface area contributed by atoms with Crippen molar-refractivity contribution in [2.45, 2.75) is 52.3 Å². The summed E-state index contributed by atoms with van der Waals surface area (Å²) in [6, 6.07) is 2.34. The van der Waals surface area contributed by atoms with Crippen molar-refractivity contribution in [3.63, 3.8) is 0 Å². The fourth-order valence-electron chi connectivity index (χ4n) is 2.92. The van der Waals surface area contributed by atoms with E-state index < -0.39 is 0 Å². The standard InChI is InChI=1S/C16H29N5O.HI/c1-7-17-14(18-11-12-8-9-19-21(12)5)20-13-10-16(4,22-6)15(13,2)3;/h8-9,13H,7,10-11H2,1-6H3,(H2,17,18,20);1H. The van der Waals surface area contributed by atoms with E-state index in [-0.39, 0.29) is 35.0 Å². The van der Waals surface area contributed by atoms with Crippen molar-refractivity contribution in [2.75, 3.05) is 13.7 Å². The molecule has 0 spiro atoms. The number of hydrogen-bond acceptors (Lipinski definition) is 3. The van der Waals surface area contributed by atoms with Gasteiger partial charge in [-0.05, 0) is 26.3 Å². The van der Waals surface area contributed by atoms with Crippen LogP contribution in [0.1, 0.15) is 39.8 Å². The highest BCUT2D eigenvalue weighted by atomic mass is 127. The maximum atomic E-state index is 5.68. The molecule has 1 aliphatic carbocycles. The highest BCUT2D eigenvalue weighted by Crippen LogP contribution is 2.51. The highest BCUT2D eigenvalue weighted by molar-refractivity contribution is 14.0. The van der Waals surface area contributed by atoms with Crippen molar-refractivity contribution in [2.24, 2.45) is 17.5 Å². The normalized spacial score (nSPS) is 26.2. The second kappa shape index (κ2) is 7.83. The molecule has 0 amide bonds. The smallest absolute Gasteiger partial charge is 0.191 e. The first-order valence-electron chi connectivity index (χ1n) is 7.91. The van der Waals surface area contributed by atoms with Crippen molar-refractivity contribution in [3.05, 3.63) is 18.0 Å². The Morgan fingerprint density at radius 1 is 1.48 bits per heavy atom. The fourth-order valence-corrected chi connectivity index (χ4v) is 2.92. The Labute approximate surface area is 156 Å². The summed E-state index contributed by atoms with van der Waals surface area (Å²) in [5.41, 5.74) is 1.07. The van der Waals surface area contributed by atoms with E-state index in [1.54, 1.807) is 13.3 Å². The topological polar surface area (TPSA) is 63.5 Å². The van der Waals surface area contributed by atoms with E-state index >= 15 is 0 Å². The Morgan fingerprint density at radius 3 is 2.65 bits per heavy atom. The summed E-state index contributed by atoms with van der Waals surface area (Å²) < 4.78 is 7.53. The van der Waals surface area contributed by atoms with Gasteiger partial charge in [-0.15, -0.1) is 24.0 Å². The third-order valence-corrected chi connectivity index (χ3v) is 5.26. The molecule has 0 aliphatic heterocycles. The third-order valence-electron chi connectivity index (χ3n) is 5.26. The van der Waals surface area contributed by atoms with Crippen molar-refractivity contribution < 1.29 is 4.74 Å². The lowest BCUT2D eigenvalue weighted by atomic mass is 9.56. The van der Waals surface area contributed by atoms with Gasteiger partial charge >= 0.3 is 0 Å². The number of aromatic nitrogens is 2. The Hall–Kier alpha value is -0.830. The number of guanidine groups is 1. The fraction of sp³-hybridized carbons (Fsp3) is 0.750. The summed E-state index contributed by atoms with van der Waals surface area (Å²) in [5, 5.41) is 11.0. The van der Waals surface area contributed by atoms with Crippen molar-refractivity contribution >= 4 is 29.9 Å². The van der Waals surface area contributed by atoms with Gasteiger partial charge in [0.05, 0.1) is 17.8 Å². The van der Waals surface area contributed by atoms with E-state index in [2.05, 4.69) is 48.4 Å². The summed E-state index contributed by atoms with van der Waals surface area (Å²) in [6.45, 7) is 10.2. The zero-order valence-corrected chi connectivity index (χ0v) is 17.3. The van der Waals surface area contributed by atoms with Crippen LogP contribution in [0.2, 0.25) is 0 Å². The first-order valence-corrected chi connectivity index (χ1v) is 7.91. The van der Waals surface area contributed by atoms with Crippen LogP contribution in [0, 0.1) is 5.41 Å². The Morgan fingerprint density at radius 2 is 2.17 bits per heavy atom. The molecule has 0 radical (unpaired) electrons. The van der Waals surface area contributed by atoms with Crippen molar-refractivity contribution in [3.8, 4) is 0 Å². The molecule has 1 heterocycles. The minimum Gasteiger partial charge on any atom is -0.378 e. The molecule has 7 heteroatoms. The molecule has 132 valence electrons. The van der Waals surface area contributed by atoms with E-state index in [9.17, 15) is 0 Å². The predicted octanol–water partition coefficient (Wildman–Crippen LogP) is 2.30. The molecule has 1 aromatic heterocycles. The molecule has 2 N–H and O–H groups in total. The lowest BCUT2D eigenvalue weighted by molar-refractivity contribution is -0.176. The van der Waals surface area contributed by atoms with Gasteiger partial charge in [-0.25, -0.2) is 4.99 Å². The summed E-state index contributed by atoms with van der Waals surface area (Å²) in [7, 11) is 3.73. The van der Waals surface area contributed by atoms with Crippen molar-refractivity contribution in [1.29, 1.82) is 0 Å². The van der Waals surface area contributed by atoms with Crippen LogP contribution in [0.15, 0.2) is 17.3 Å². The van der Waals surface area contributed by atoms with Gasteiger partial charge in [0, 0.05) is 38.4 Å². The van der Waals surface area contributed by atoms with Gasteiger partial charge in [-0.2, -0.15) is 5.10 Å². The maximum Gasteiger partial charge on any atom is 0.191 e. The summed E-state index contributed by atoms with van der Waals surface area (Å²) in [5.74, 6) is 0.847. The largest absolute Gasteiger partial charge is 0.378 e. The molecule has 2 rings (SSSR count). The second-order valence-electron chi connectivity index (χ2n) is 6.70. The van der Waals surface area contributed by atoms with Gasteiger partial charge in [-0.3, -0.25) is 4.68 Å². The predicted molar refractivity (Wildman–Crippen MR) is 104 cm³/mol. The molecule has 1 aliphatic rings. The monoisotopic (exact) mass is 435 g/mol. The second-order valence-corrected chi connectivity index (χ2v) is 6.70. The average Bonchev–Trinajstić information content (AvgIpc) is 2.89. The van der Waals surface area contributed by atoms with Crippen LogP contribution in [0.25, 0.3) is 0 Å². The number of ether oxygens (including phenoxy) is 1. The van der Waals surface area contributed by atoms with E-state index in [0.717, 1.165) is 24.6 Å². The summed E-state index contributed by atoms with van der Waals surface area (Å²) >= 11 is 0.